The first-order chi connectivity index (χ1) is 12.9. The number of aromatic hydroxyl groups is 1. The van der Waals surface area contributed by atoms with E-state index in [0.29, 0.717) is 18.0 Å². The van der Waals surface area contributed by atoms with Crippen LogP contribution in [0, 0.1) is 31.1 Å². The molecule has 0 bridgehead atoms. The molecule has 2 aromatic rings. The molecule has 1 aliphatic rings. The van der Waals surface area contributed by atoms with Crippen LogP contribution in [0.5, 0.6) is 5.75 Å². The maximum Gasteiger partial charge on any atom is 0.256 e. The van der Waals surface area contributed by atoms with E-state index in [4.69, 9.17) is 0 Å². The first-order valence-corrected chi connectivity index (χ1v) is 9.25. The summed E-state index contributed by atoms with van der Waals surface area (Å²) in [6.07, 6.45) is 1.17. The molecule has 1 heterocycles. The van der Waals surface area contributed by atoms with E-state index in [0.717, 1.165) is 29.8 Å². The first kappa shape index (κ1) is 18.9. The molecule has 0 aliphatic carbocycles. The minimum atomic E-state index is -0.290. The monoisotopic (exact) mass is 363 g/mol. The average Bonchev–Trinajstić information content (AvgIpc) is 3.04. The highest BCUT2D eigenvalue weighted by Gasteiger charge is 2.20. The van der Waals surface area contributed by atoms with Gasteiger partial charge in [-0.2, -0.15) is 5.26 Å². The molecular weight excluding hydrogens is 338 g/mol. The fourth-order valence-corrected chi connectivity index (χ4v) is 3.58. The van der Waals surface area contributed by atoms with E-state index in [1.807, 2.05) is 32.0 Å². The fourth-order valence-electron chi connectivity index (χ4n) is 3.58. The molecule has 5 nitrogen and oxygen atoms in total. The number of nitriles is 1. The van der Waals surface area contributed by atoms with Crippen LogP contribution in [0.2, 0.25) is 0 Å². The van der Waals surface area contributed by atoms with Crippen molar-refractivity contribution in [2.24, 2.45) is 5.92 Å². The summed E-state index contributed by atoms with van der Waals surface area (Å²) in [5.41, 5.74) is 3.86. The molecule has 0 radical (unpaired) electrons. The summed E-state index contributed by atoms with van der Waals surface area (Å²) in [5, 5.41) is 22.5. The van der Waals surface area contributed by atoms with Crippen molar-refractivity contribution in [3.05, 3.63) is 58.1 Å². The quantitative estimate of drug-likeness (QED) is 0.806. The Labute approximate surface area is 160 Å². The van der Waals surface area contributed by atoms with Crippen molar-refractivity contribution in [1.82, 2.24) is 4.90 Å². The average molecular weight is 363 g/mol. The van der Waals surface area contributed by atoms with Crippen molar-refractivity contribution in [3.63, 3.8) is 0 Å². The molecule has 1 fully saturated rings. The minimum absolute atomic E-state index is 0.177. The van der Waals surface area contributed by atoms with Gasteiger partial charge in [0.2, 0.25) is 0 Å². The standard InChI is InChI=1S/C22H25N3O2/c1-14-7-8-25(12-14)13-17-9-18(11-23)21(26)20(10-17)24-22(27)19-6-4-5-15(2)16(19)3/h4-6,9-10,14,26H,7-8,12-13H2,1-3H3,(H,24,27)/t14-/m1/s1. The molecule has 0 unspecified atom stereocenters. The number of anilines is 1. The van der Waals surface area contributed by atoms with Crippen molar-refractivity contribution in [2.45, 2.75) is 33.7 Å². The van der Waals surface area contributed by atoms with Crippen molar-refractivity contribution in [1.29, 1.82) is 5.26 Å². The largest absolute Gasteiger partial charge is 0.504 e. The normalized spacial score (nSPS) is 16.9. The van der Waals surface area contributed by atoms with Crippen LogP contribution < -0.4 is 5.32 Å². The number of benzene rings is 2. The van der Waals surface area contributed by atoms with Gasteiger partial charge in [0.05, 0.1) is 11.3 Å². The lowest BCUT2D eigenvalue weighted by atomic mass is 10.0. The van der Waals surface area contributed by atoms with Crippen LogP contribution in [-0.4, -0.2) is 29.0 Å². The Morgan fingerprint density at radius 1 is 1.37 bits per heavy atom. The van der Waals surface area contributed by atoms with Crippen molar-refractivity contribution in [2.75, 3.05) is 18.4 Å². The van der Waals surface area contributed by atoms with Crippen LogP contribution in [-0.2, 0) is 6.54 Å². The van der Waals surface area contributed by atoms with Crippen LogP contribution in [0.1, 0.15) is 46.0 Å². The Bertz CT molecular complexity index is 915. The lowest BCUT2D eigenvalue weighted by Crippen LogP contribution is -2.20. The molecule has 3 rings (SSSR count). The molecule has 0 saturated carbocycles. The van der Waals surface area contributed by atoms with Gasteiger partial charge in [-0.25, -0.2) is 0 Å². The number of hydrogen-bond donors (Lipinski definition) is 2. The molecule has 2 N–H and O–H groups in total. The highest BCUT2D eigenvalue weighted by molar-refractivity contribution is 6.06. The van der Waals surface area contributed by atoms with E-state index >= 15 is 0 Å². The number of phenols is 1. The summed E-state index contributed by atoms with van der Waals surface area (Å²) in [4.78, 5) is 15.1. The van der Waals surface area contributed by atoms with Crippen LogP contribution in [0.15, 0.2) is 30.3 Å². The van der Waals surface area contributed by atoms with E-state index in [-0.39, 0.29) is 22.9 Å². The SMILES string of the molecule is Cc1cccc(C(=O)Nc2cc(CN3CC[C@@H](C)C3)cc(C#N)c2O)c1C. The van der Waals surface area contributed by atoms with Gasteiger partial charge in [-0.1, -0.05) is 19.1 Å². The second-order valence-electron chi connectivity index (χ2n) is 7.48. The zero-order valence-corrected chi connectivity index (χ0v) is 16.0. The third kappa shape index (κ3) is 4.12. The molecule has 5 heteroatoms. The molecule has 0 spiro atoms. The second kappa shape index (κ2) is 7.81. The van der Waals surface area contributed by atoms with Crippen LogP contribution in [0.4, 0.5) is 5.69 Å². The van der Waals surface area contributed by atoms with Crippen LogP contribution in [0.3, 0.4) is 0 Å². The third-order valence-corrected chi connectivity index (χ3v) is 5.30. The number of hydrogen-bond acceptors (Lipinski definition) is 4. The number of aryl methyl sites for hydroxylation is 1. The van der Waals surface area contributed by atoms with E-state index in [2.05, 4.69) is 17.1 Å². The smallest absolute Gasteiger partial charge is 0.256 e. The summed E-state index contributed by atoms with van der Waals surface area (Å²) in [6, 6.07) is 11.0. The van der Waals surface area contributed by atoms with Gasteiger partial charge in [0.25, 0.3) is 5.91 Å². The first-order valence-electron chi connectivity index (χ1n) is 9.25. The second-order valence-corrected chi connectivity index (χ2v) is 7.48. The molecule has 27 heavy (non-hydrogen) atoms. The number of amides is 1. The minimum Gasteiger partial charge on any atom is -0.504 e. The third-order valence-electron chi connectivity index (χ3n) is 5.30. The van der Waals surface area contributed by atoms with Gasteiger partial charge in [0.1, 0.15) is 6.07 Å². The van der Waals surface area contributed by atoms with E-state index in [1.54, 1.807) is 18.2 Å². The van der Waals surface area contributed by atoms with Crippen LogP contribution in [0.25, 0.3) is 0 Å². The zero-order valence-electron chi connectivity index (χ0n) is 16.0. The summed E-state index contributed by atoms with van der Waals surface area (Å²) in [6.45, 7) is 8.82. The Hall–Kier alpha value is -2.84. The van der Waals surface area contributed by atoms with Crippen molar-refractivity contribution < 1.29 is 9.90 Å². The molecule has 1 aliphatic heterocycles. The predicted octanol–water partition coefficient (Wildman–Crippen LogP) is 3.97. The van der Waals surface area contributed by atoms with E-state index < -0.39 is 0 Å². The maximum absolute atomic E-state index is 12.7. The Morgan fingerprint density at radius 3 is 2.81 bits per heavy atom. The topological polar surface area (TPSA) is 76.4 Å². The fraction of sp³-hybridized carbons (Fsp3) is 0.364. The maximum atomic E-state index is 12.7. The molecule has 2 aromatic carbocycles. The van der Waals surface area contributed by atoms with Gasteiger partial charge in [0.15, 0.2) is 5.75 Å². The Kier molecular flexibility index (Phi) is 5.48. The van der Waals surface area contributed by atoms with Crippen molar-refractivity contribution >= 4 is 11.6 Å². The van der Waals surface area contributed by atoms with Gasteiger partial charge in [0, 0.05) is 18.7 Å². The number of rotatable bonds is 4. The number of nitrogens with zero attached hydrogens (tertiary/aromatic N) is 2. The summed E-state index contributed by atoms with van der Waals surface area (Å²) < 4.78 is 0. The van der Waals surface area contributed by atoms with E-state index in [1.165, 1.54) is 6.42 Å². The number of phenolic OH excluding ortho intramolecular Hbond substituents is 1. The lowest BCUT2D eigenvalue weighted by molar-refractivity contribution is 0.102. The summed E-state index contributed by atoms with van der Waals surface area (Å²) in [7, 11) is 0. The molecular formula is C22H25N3O2. The number of nitrogens with one attached hydrogen (secondary N) is 1. The zero-order chi connectivity index (χ0) is 19.6. The predicted molar refractivity (Wildman–Crippen MR) is 106 cm³/mol. The molecule has 1 atom stereocenters. The molecule has 0 aromatic heterocycles. The van der Waals surface area contributed by atoms with Gasteiger partial charge < -0.3 is 10.4 Å². The Balaban J connectivity index is 1.87. The van der Waals surface area contributed by atoms with Gasteiger partial charge in [-0.05, 0) is 67.6 Å². The lowest BCUT2D eigenvalue weighted by Gasteiger charge is -2.17. The number of carbonyl (C=O) groups excluding carboxylic acids is 1. The number of carbonyl (C=O) groups is 1. The highest BCUT2D eigenvalue weighted by atomic mass is 16.3. The molecule has 1 saturated heterocycles. The highest BCUT2D eigenvalue weighted by Crippen LogP contribution is 2.31. The van der Waals surface area contributed by atoms with Crippen molar-refractivity contribution in [3.8, 4) is 11.8 Å². The number of likely N-dealkylation sites (tertiary alicyclic amines) is 1. The molecule has 140 valence electrons. The van der Waals surface area contributed by atoms with Gasteiger partial charge >= 0.3 is 0 Å². The van der Waals surface area contributed by atoms with Gasteiger partial charge in [-0.3, -0.25) is 9.69 Å². The van der Waals surface area contributed by atoms with E-state index in [9.17, 15) is 15.2 Å². The molecule has 1 amide bonds. The Morgan fingerprint density at radius 2 is 2.15 bits per heavy atom. The van der Waals surface area contributed by atoms with Gasteiger partial charge in [-0.15, -0.1) is 0 Å². The summed E-state index contributed by atoms with van der Waals surface area (Å²) >= 11 is 0. The van der Waals surface area contributed by atoms with Crippen LogP contribution >= 0.6 is 0 Å². The summed E-state index contributed by atoms with van der Waals surface area (Å²) in [5.74, 6) is 0.193.